The minimum atomic E-state index is -0.669. The molecule has 3 nitrogen and oxygen atoms in total. The van der Waals surface area contributed by atoms with Crippen LogP contribution in [0.15, 0.2) is 30.3 Å². The summed E-state index contributed by atoms with van der Waals surface area (Å²) in [5.41, 5.74) is 6.70. The van der Waals surface area contributed by atoms with Crippen LogP contribution in [0, 0.1) is 27.7 Å². The van der Waals surface area contributed by atoms with Crippen LogP contribution in [0.3, 0.4) is 0 Å². The lowest BCUT2D eigenvalue weighted by molar-refractivity contribution is 0.104. The van der Waals surface area contributed by atoms with E-state index in [1.54, 1.807) is 6.92 Å². The van der Waals surface area contributed by atoms with Gasteiger partial charge in [0.2, 0.25) is 0 Å². The fourth-order valence-electron chi connectivity index (χ4n) is 2.47. The van der Waals surface area contributed by atoms with Gasteiger partial charge >= 0.3 is 6.16 Å². The van der Waals surface area contributed by atoms with Gasteiger partial charge in [0, 0.05) is 5.56 Å². The van der Waals surface area contributed by atoms with Gasteiger partial charge in [0.05, 0.1) is 6.61 Å². The molecule has 0 aliphatic rings. The Hall–Kier alpha value is -2.29. The molecule has 2 aromatic carbocycles. The average Bonchev–Trinajstić information content (AvgIpc) is 2.47. The van der Waals surface area contributed by atoms with E-state index >= 15 is 0 Å². The van der Waals surface area contributed by atoms with Crippen molar-refractivity contribution in [1.29, 1.82) is 0 Å². The maximum atomic E-state index is 11.7. The van der Waals surface area contributed by atoms with Gasteiger partial charge in [-0.3, -0.25) is 0 Å². The van der Waals surface area contributed by atoms with Crippen molar-refractivity contribution in [2.45, 2.75) is 34.6 Å². The van der Waals surface area contributed by atoms with Gasteiger partial charge < -0.3 is 9.47 Å². The van der Waals surface area contributed by atoms with E-state index in [1.807, 2.05) is 25.1 Å². The molecule has 0 amide bonds. The van der Waals surface area contributed by atoms with Crippen LogP contribution in [0.5, 0.6) is 5.75 Å². The molecule has 2 aromatic rings. The van der Waals surface area contributed by atoms with Gasteiger partial charge in [-0.2, -0.15) is 0 Å². The highest BCUT2D eigenvalue weighted by Gasteiger charge is 2.17. The summed E-state index contributed by atoms with van der Waals surface area (Å²) in [4.78, 5) is 11.7. The van der Waals surface area contributed by atoms with Crippen LogP contribution in [0.2, 0.25) is 0 Å². The van der Waals surface area contributed by atoms with Crippen molar-refractivity contribution in [3.63, 3.8) is 0 Å². The van der Waals surface area contributed by atoms with Crippen LogP contribution < -0.4 is 4.74 Å². The quantitative estimate of drug-likeness (QED) is 0.582. The first-order valence-corrected chi connectivity index (χ1v) is 7.47. The predicted octanol–water partition coefficient (Wildman–Crippen LogP) is 5.12. The highest BCUT2D eigenvalue weighted by molar-refractivity contribution is 5.80. The van der Waals surface area contributed by atoms with E-state index in [2.05, 4.69) is 32.9 Å². The smallest absolute Gasteiger partial charge is 0.434 e. The monoisotopic (exact) mass is 298 g/mol. The Morgan fingerprint density at radius 1 is 0.955 bits per heavy atom. The number of carbonyl (C=O) groups excluding carboxylic acids is 1. The lowest BCUT2D eigenvalue weighted by Crippen LogP contribution is -2.11. The van der Waals surface area contributed by atoms with Crippen LogP contribution in [0.4, 0.5) is 4.79 Å². The van der Waals surface area contributed by atoms with E-state index in [-0.39, 0.29) is 0 Å². The number of aryl methyl sites for hydroxylation is 2. The Bertz CT molecular complexity index is 702. The summed E-state index contributed by atoms with van der Waals surface area (Å²) >= 11 is 0. The van der Waals surface area contributed by atoms with E-state index in [0.717, 1.165) is 22.3 Å². The first-order chi connectivity index (χ1) is 10.5. The Morgan fingerprint density at radius 3 is 2.32 bits per heavy atom. The van der Waals surface area contributed by atoms with Crippen LogP contribution in [-0.4, -0.2) is 12.8 Å². The maximum absolute atomic E-state index is 11.7. The molecule has 0 fully saturated rings. The summed E-state index contributed by atoms with van der Waals surface area (Å²) in [6.45, 7) is 10.3. The minimum absolute atomic E-state index is 0.294. The molecule has 0 aliphatic heterocycles. The molecule has 0 N–H and O–H groups in total. The van der Waals surface area contributed by atoms with Crippen molar-refractivity contribution < 1.29 is 14.3 Å². The van der Waals surface area contributed by atoms with Gasteiger partial charge in [-0.05, 0) is 68.5 Å². The largest absolute Gasteiger partial charge is 0.513 e. The molecular formula is C19H22O3. The molecule has 0 saturated carbocycles. The summed E-state index contributed by atoms with van der Waals surface area (Å²) in [5.74, 6) is 0.537. The molecule has 0 spiro atoms. The van der Waals surface area contributed by atoms with E-state index in [9.17, 15) is 4.79 Å². The summed E-state index contributed by atoms with van der Waals surface area (Å²) in [6.07, 6.45) is -0.669. The molecule has 0 aromatic heterocycles. The van der Waals surface area contributed by atoms with Crippen LogP contribution in [0.25, 0.3) is 11.1 Å². The normalized spacial score (nSPS) is 10.4. The number of hydrogen-bond donors (Lipinski definition) is 0. The molecule has 3 heteroatoms. The summed E-state index contributed by atoms with van der Waals surface area (Å²) < 4.78 is 10.3. The molecule has 2 rings (SSSR count). The van der Waals surface area contributed by atoms with Crippen molar-refractivity contribution in [3.8, 4) is 16.9 Å². The third-order valence-corrected chi connectivity index (χ3v) is 4.03. The minimum Gasteiger partial charge on any atom is -0.434 e. The maximum Gasteiger partial charge on any atom is 0.513 e. The average molecular weight is 298 g/mol. The van der Waals surface area contributed by atoms with Gasteiger partial charge in [-0.1, -0.05) is 24.3 Å². The number of benzene rings is 2. The Balaban J connectivity index is 2.60. The topological polar surface area (TPSA) is 35.5 Å². The lowest BCUT2D eigenvalue weighted by atomic mass is 9.91. The first-order valence-electron chi connectivity index (χ1n) is 7.47. The van der Waals surface area contributed by atoms with Crippen molar-refractivity contribution in [1.82, 2.24) is 0 Å². The molecule has 0 aliphatic carbocycles. The molecule has 116 valence electrons. The second kappa shape index (κ2) is 6.65. The molecule has 0 bridgehead atoms. The van der Waals surface area contributed by atoms with Crippen LogP contribution >= 0.6 is 0 Å². The highest BCUT2D eigenvalue weighted by atomic mass is 16.7. The molecule has 0 saturated heterocycles. The predicted molar refractivity (Wildman–Crippen MR) is 88.5 cm³/mol. The van der Waals surface area contributed by atoms with Crippen molar-refractivity contribution >= 4 is 6.16 Å². The number of carbonyl (C=O) groups is 1. The SMILES string of the molecule is CCOC(=O)Oc1ccc(C)c(C)c1-c1cccc(C)c1C. The fourth-order valence-corrected chi connectivity index (χ4v) is 2.47. The van der Waals surface area contributed by atoms with E-state index in [4.69, 9.17) is 9.47 Å². The van der Waals surface area contributed by atoms with E-state index < -0.39 is 6.16 Å². The fraction of sp³-hybridized carbons (Fsp3) is 0.316. The number of rotatable bonds is 3. The second-order valence-corrected chi connectivity index (χ2v) is 5.41. The molecule has 0 heterocycles. The Kier molecular flexibility index (Phi) is 4.86. The van der Waals surface area contributed by atoms with Crippen molar-refractivity contribution in [2.75, 3.05) is 6.61 Å². The summed E-state index contributed by atoms with van der Waals surface area (Å²) in [7, 11) is 0. The molecule has 0 atom stereocenters. The standard InChI is InChI=1S/C19H22O3/c1-6-21-19(20)22-17-11-10-13(3)15(5)18(17)16-9-7-8-12(2)14(16)4/h7-11H,6H2,1-5H3. The van der Waals surface area contributed by atoms with Gasteiger partial charge in [0.15, 0.2) is 0 Å². The van der Waals surface area contributed by atoms with E-state index in [1.165, 1.54) is 11.1 Å². The molecular weight excluding hydrogens is 276 g/mol. The third kappa shape index (κ3) is 3.14. The number of hydrogen-bond acceptors (Lipinski definition) is 3. The second-order valence-electron chi connectivity index (χ2n) is 5.41. The van der Waals surface area contributed by atoms with Gasteiger partial charge in [0.1, 0.15) is 5.75 Å². The zero-order valence-electron chi connectivity index (χ0n) is 13.8. The third-order valence-electron chi connectivity index (χ3n) is 4.03. The zero-order valence-corrected chi connectivity index (χ0v) is 13.8. The van der Waals surface area contributed by atoms with Gasteiger partial charge in [-0.25, -0.2) is 4.79 Å². The summed E-state index contributed by atoms with van der Waals surface area (Å²) in [6, 6.07) is 9.94. The van der Waals surface area contributed by atoms with E-state index in [0.29, 0.717) is 12.4 Å². The zero-order chi connectivity index (χ0) is 16.3. The summed E-state index contributed by atoms with van der Waals surface area (Å²) in [5, 5.41) is 0. The highest BCUT2D eigenvalue weighted by Crippen LogP contribution is 2.37. The van der Waals surface area contributed by atoms with Crippen LogP contribution in [-0.2, 0) is 4.74 Å². The Labute approximate surface area is 131 Å². The van der Waals surface area contributed by atoms with Gasteiger partial charge in [0.25, 0.3) is 0 Å². The molecule has 0 unspecified atom stereocenters. The molecule has 0 radical (unpaired) electrons. The Morgan fingerprint density at radius 2 is 1.64 bits per heavy atom. The lowest BCUT2D eigenvalue weighted by Gasteiger charge is -2.17. The van der Waals surface area contributed by atoms with Crippen molar-refractivity contribution in [2.24, 2.45) is 0 Å². The van der Waals surface area contributed by atoms with Gasteiger partial charge in [-0.15, -0.1) is 0 Å². The molecule has 22 heavy (non-hydrogen) atoms. The number of ether oxygens (including phenoxy) is 2. The first kappa shape index (κ1) is 16.1. The van der Waals surface area contributed by atoms with Crippen LogP contribution in [0.1, 0.15) is 29.2 Å². The van der Waals surface area contributed by atoms with Crippen molar-refractivity contribution in [3.05, 3.63) is 52.6 Å².